The van der Waals surface area contributed by atoms with E-state index in [-0.39, 0.29) is 6.10 Å². The van der Waals surface area contributed by atoms with Crippen LogP contribution < -0.4 is 10.5 Å². The van der Waals surface area contributed by atoms with Gasteiger partial charge in [-0.2, -0.15) is 0 Å². The Morgan fingerprint density at radius 1 is 1.28 bits per heavy atom. The highest BCUT2D eigenvalue weighted by Gasteiger charge is 2.04. The van der Waals surface area contributed by atoms with Crippen LogP contribution in [-0.4, -0.2) is 16.1 Å². The number of nitrogen functional groups attached to an aromatic ring is 1. The summed E-state index contributed by atoms with van der Waals surface area (Å²) in [7, 11) is 0. The smallest absolute Gasteiger partial charge is 0.122 e. The first-order chi connectivity index (χ1) is 8.63. The predicted octanol–water partition coefficient (Wildman–Crippen LogP) is 3.00. The highest BCUT2D eigenvalue weighted by molar-refractivity contribution is 7.99. The van der Waals surface area contributed by atoms with Crippen molar-refractivity contribution < 1.29 is 4.74 Å². The van der Waals surface area contributed by atoms with Crippen molar-refractivity contribution in [2.24, 2.45) is 0 Å². The van der Waals surface area contributed by atoms with Crippen LogP contribution in [0.25, 0.3) is 0 Å². The second kappa shape index (κ2) is 5.73. The van der Waals surface area contributed by atoms with Gasteiger partial charge in [-0.3, -0.25) is 0 Å². The molecule has 0 radical (unpaired) electrons. The van der Waals surface area contributed by atoms with Crippen molar-refractivity contribution in [2.45, 2.75) is 29.9 Å². The molecule has 0 unspecified atom stereocenters. The molecular formula is C13H15N3OS. The van der Waals surface area contributed by atoms with Crippen LogP contribution in [0.2, 0.25) is 0 Å². The van der Waals surface area contributed by atoms with Crippen LogP contribution in [0.4, 0.5) is 5.69 Å². The molecule has 0 saturated heterocycles. The maximum absolute atomic E-state index is 5.86. The average Bonchev–Trinajstić information content (AvgIpc) is 2.28. The lowest BCUT2D eigenvalue weighted by atomic mass is 10.3. The summed E-state index contributed by atoms with van der Waals surface area (Å²) >= 11 is 1.53. The molecule has 1 heterocycles. The van der Waals surface area contributed by atoms with Crippen LogP contribution in [0, 0.1) is 0 Å². The molecule has 2 N–H and O–H groups in total. The first-order valence-corrected chi connectivity index (χ1v) is 6.46. The number of rotatable bonds is 4. The van der Waals surface area contributed by atoms with Gasteiger partial charge in [0.05, 0.1) is 6.10 Å². The molecule has 0 spiro atoms. The average molecular weight is 261 g/mol. The summed E-state index contributed by atoms with van der Waals surface area (Å²) in [5, 5.41) is 0.881. The third-order valence-electron chi connectivity index (χ3n) is 2.05. The lowest BCUT2D eigenvalue weighted by molar-refractivity contribution is 0.242. The zero-order valence-electron chi connectivity index (χ0n) is 10.3. The number of nitrogens with zero attached hydrogens (tertiary/aromatic N) is 2. The fourth-order valence-electron chi connectivity index (χ4n) is 1.45. The van der Waals surface area contributed by atoms with Crippen molar-refractivity contribution in [3.63, 3.8) is 0 Å². The molecule has 0 atom stereocenters. The summed E-state index contributed by atoms with van der Waals surface area (Å²) in [6, 6.07) is 7.55. The predicted molar refractivity (Wildman–Crippen MR) is 72.8 cm³/mol. The van der Waals surface area contributed by atoms with Crippen molar-refractivity contribution >= 4 is 17.4 Å². The van der Waals surface area contributed by atoms with Gasteiger partial charge in [0.1, 0.15) is 17.1 Å². The molecule has 0 aliphatic carbocycles. The van der Waals surface area contributed by atoms with E-state index in [9.17, 15) is 0 Å². The Labute approximate surface area is 111 Å². The Bertz CT molecular complexity index is 517. The summed E-state index contributed by atoms with van der Waals surface area (Å²) in [5.41, 5.74) is 6.55. The summed E-state index contributed by atoms with van der Waals surface area (Å²) < 4.78 is 5.65. The van der Waals surface area contributed by atoms with Gasteiger partial charge in [0.2, 0.25) is 0 Å². The van der Waals surface area contributed by atoms with Crippen LogP contribution >= 0.6 is 11.8 Å². The number of hydrogen-bond donors (Lipinski definition) is 1. The molecule has 94 valence electrons. The zero-order valence-corrected chi connectivity index (χ0v) is 11.1. The van der Waals surface area contributed by atoms with E-state index < -0.39 is 0 Å². The second-order valence-corrected chi connectivity index (χ2v) is 5.15. The van der Waals surface area contributed by atoms with Gasteiger partial charge in [-0.25, -0.2) is 9.97 Å². The van der Waals surface area contributed by atoms with Crippen molar-refractivity contribution in [1.82, 2.24) is 9.97 Å². The summed E-state index contributed by atoms with van der Waals surface area (Å²) in [6.07, 6.45) is 3.37. The number of ether oxygens (including phenoxy) is 1. The van der Waals surface area contributed by atoms with Crippen LogP contribution in [0.3, 0.4) is 0 Å². The van der Waals surface area contributed by atoms with Crippen molar-refractivity contribution in [3.05, 3.63) is 36.8 Å². The first-order valence-electron chi connectivity index (χ1n) is 5.64. The lowest BCUT2D eigenvalue weighted by Crippen LogP contribution is -2.05. The second-order valence-electron chi connectivity index (χ2n) is 4.05. The Balaban J connectivity index is 2.20. The molecule has 0 fully saturated rings. The molecule has 4 nitrogen and oxygen atoms in total. The van der Waals surface area contributed by atoms with Gasteiger partial charge in [0.25, 0.3) is 0 Å². The van der Waals surface area contributed by atoms with Gasteiger partial charge < -0.3 is 10.5 Å². The molecule has 0 saturated carbocycles. The van der Waals surface area contributed by atoms with Gasteiger partial charge in [0.15, 0.2) is 0 Å². The van der Waals surface area contributed by atoms with E-state index in [4.69, 9.17) is 10.5 Å². The Morgan fingerprint density at radius 3 is 2.78 bits per heavy atom. The molecule has 0 amide bonds. The molecule has 18 heavy (non-hydrogen) atoms. The van der Waals surface area contributed by atoms with Gasteiger partial charge >= 0.3 is 0 Å². The quantitative estimate of drug-likeness (QED) is 0.677. The molecule has 0 bridgehead atoms. The molecule has 1 aromatic heterocycles. The molecule has 5 heteroatoms. The van der Waals surface area contributed by atoms with Crippen molar-refractivity contribution in [2.75, 3.05) is 5.73 Å². The third kappa shape index (κ3) is 3.63. The SMILES string of the molecule is CC(C)Oc1cc(N)cc(Sc2ccncn2)c1. The first kappa shape index (κ1) is 12.7. The van der Waals surface area contributed by atoms with Gasteiger partial charge in [-0.05, 0) is 32.0 Å². The fraction of sp³-hybridized carbons (Fsp3) is 0.231. The largest absolute Gasteiger partial charge is 0.491 e. The van der Waals surface area contributed by atoms with Gasteiger partial charge in [-0.1, -0.05) is 11.8 Å². The lowest BCUT2D eigenvalue weighted by Gasteiger charge is -2.11. The maximum Gasteiger partial charge on any atom is 0.122 e. The summed E-state index contributed by atoms with van der Waals surface area (Å²) in [4.78, 5) is 9.06. The molecule has 0 aliphatic heterocycles. The van der Waals surface area contributed by atoms with Crippen molar-refractivity contribution in [3.8, 4) is 5.75 Å². The summed E-state index contributed by atoms with van der Waals surface area (Å²) in [6.45, 7) is 3.97. The number of anilines is 1. The van der Waals surface area contributed by atoms with E-state index in [0.29, 0.717) is 5.69 Å². The van der Waals surface area contributed by atoms with E-state index in [1.165, 1.54) is 18.1 Å². The van der Waals surface area contributed by atoms with E-state index in [0.717, 1.165) is 15.7 Å². The van der Waals surface area contributed by atoms with Gasteiger partial charge in [-0.15, -0.1) is 0 Å². The highest BCUT2D eigenvalue weighted by Crippen LogP contribution is 2.31. The Morgan fingerprint density at radius 2 is 2.11 bits per heavy atom. The van der Waals surface area contributed by atoms with E-state index >= 15 is 0 Å². The van der Waals surface area contributed by atoms with Crippen LogP contribution in [0.1, 0.15) is 13.8 Å². The topological polar surface area (TPSA) is 61.0 Å². The number of hydrogen-bond acceptors (Lipinski definition) is 5. The molecule has 0 aliphatic rings. The number of nitrogens with two attached hydrogens (primary N) is 1. The standard InChI is InChI=1S/C13H15N3OS/c1-9(2)17-11-5-10(14)6-12(7-11)18-13-3-4-15-8-16-13/h3-9H,14H2,1-2H3. The van der Waals surface area contributed by atoms with E-state index in [1.807, 2.05) is 38.1 Å². The number of benzene rings is 1. The van der Waals surface area contributed by atoms with Crippen molar-refractivity contribution in [1.29, 1.82) is 0 Å². The minimum atomic E-state index is 0.128. The third-order valence-corrected chi connectivity index (χ3v) is 2.97. The highest BCUT2D eigenvalue weighted by atomic mass is 32.2. The molecule has 2 rings (SSSR count). The molecule has 2 aromatic rings. The Kier molecular flexibility index (Phi) is 4.04. The number of aromatic nitrogens is 2. The summed E-state index contributed by atoms with van der Waals surface area (Å²) in [5.74, 6) is 0.779. The van der Waals surface area contributed by atoms with Crippen LogP contribution in [0.5, 0.6) is 5.75 Å². The van der Waals surface area contributed by atoms with Gasteiger partial charge in [0, 0.05) is 22.8 Å². The monoisotopic (exact) mass is 261 g/mol. The van der Waals surface area contributed by atoms with E-state index in [1.54, 1.807) is 6.20 Å². The van der Waals surface area contributed by atoms with E-state index in [2.05, 4.69) is 9.97 Å². The minimum Gasteiger partial charge on any atom is -0.491 e. The zero-order chi connectivity index (χ0) is 13.0. The fourth-order valence-corrected chi connectivity index (χ4v) is 2.29. The van der Waals surface area contributed by atoms with Crippen LogP contribution in [0.15, 0.2) is 46.7 Å². The maximum atomic E-state index is 5.86. The minimum absolute atomic E-state index is 0.128. The normalized spacial score (nSPS) is 10.6. The molecule has 1 aromatic carbocycles. The molecular weight excluding hydrogens is 246 g/mol. The Hall–Kier alpha value is -1.75. The van der Waals surface area contributed by atoms with Crippen LogP contribution in [-0.2, 0) is 0 Å².